The second kappa shape index (κ2) is 2.89. The highest BCUT2D eigenvalue weighted by atomic mass is 32.2. The summed E-state index contributed by atoms with van der Waals surface area (Å²) in [5.74, 6) is 2.26. The van der Waals surface area contributed by atoms with Crippen LogP contribution in [0.2, 0.25) is 0 Å². The van der Waals surface area contributed by atoms with Crippen molar-refractivity contribution in [1.29, 1.82) is 0 Å². The van der Waals surface area contributed by atoms with Gasteiger partial charge in [0.25, 0.3) is 0 Å². The summed E-state index contributed by atoms with van der Waals surface area (Å²) in [4.78, 5) is 2.41. The smallest absolute Gasteiger partial charge is 0.205 e. The van der Waals surface area contributed by atoms with Crippen LogP contribution in [-0.4, -0.2) is 24.2 Å². The van der Waals surface area contributed by atoms with Crippen LogP contribution in [0.1, 0.15) is 6.92 Å². The third-order valence-corrected chi connectivity index (χ3v) is 3.76. The summed E-state index contributed by atoms with van der Waals surface area (Å²) in [6.45, 7) is 1.46. The number of sulfone groups is 1. The molecule has 1 atom stereocenters. The molecule has 4 nitrogen and oxygen atoms in total. The van der Waals surface area contributed by atoms with Crippen molar-refractivity contribution in [2.75, 3.05) is 6.26 Å². The Hall–Kier alpha value is -1.28. The first-order valence-electron chi connectivity index (χ1n) is 3.57. The average Bonchev–Trinajstić information content (AvgIpc) is 2.52. The Morgan fingerprint density at radius 2 is 2.23 bits per heavy atom. The molecule has 0 spiro atoms. The summed E-state index contributed by atoms with van der Waals surface area (Å²) >= 11 is 0. The Morgan fingerprint density at radius 1 is 1.62 bits per heavy atom. The SMILES string of the molecule is C#CC(C)(n1ccnc1)S(C)(=O)=O. The average molecular weight is 198 g/mol. The molecule has 13 heavy (non-hydrogen) atoms. The van der Waals surface area contributed by atoms with Crippen LogP contribution in [0.4, 0.5) is 0 Å². The fourth-order valence-corrected chi connectivity index (χ4v) is 1.59. The molecule has 0 saturated heterocycles. The van der Waals surface area contributed by atoms with Gasteiger partial charge in [0.1, 0.15) is 0 Å². The number of aromatic nitrogens is 2. The molecule has 0 fully saturated rings. The molecular weight excluding hydrogens is 188 g/mol. The zero-order valence-corrected chi connectivity index (χ0v) is 8.25. The molecule has 0 aromatic carbocycles. The van der Waals surface area contributed by atoms with E-state index < -0.39 is 14.7 Å². The van der Waals surface area contributed by atoms with Gasteiger partial charge in [-0.05, 0) is 6.92 Å². The predicted octanol–water partition coefficient (Wildman–Crippen LogP) is 0.234. The molecule has 0 aliphatic heterocycles. The third kappa shape index (κ3) is 1.45. The maximum atomic E-state index is 11.4. The van der Waals surface area contributed by atoms with E-state index in [1.807, 2.05) is 0 Å². The molecule has 0 radical (unpaired) electrons. The normalized spacial score (nSPS) is 16.1. The summed E-state index contributed by atoms with van der Waals surface area (Å²) in [6.07, 6.45) is 10.7. The molecule has 70 valence electrons. The van der Waals surface area contributed by atoms with Crippen molar-refractivity contribution in [3.05, 3.63) is 18.7 Å². The van der Waals surface area contributed by atoms with Crippen molar-refractivity contribution in [2.45, 2.75) is 11.8 Å². The van der Waals surface area contributed by atoms with E-state index in [-0.39, 0.29) is 0 Å². The van der Waals surface area contributed by atoms with Gasteiger partial charge in [0, 0.05) is 18.6 Å². The highest BCUT2D eigenvalue weighted by Gasteiger charge is 2.34. The van der Waals surface area contributed by atoms with Gasteiger partial charge >= 0.3 is 0 Å². The molecule has 1 aromatic rings. The molecule has 0 aliphatic carbocycles. The van der Waals surface area contributed by atoms with Gasteiger partial charge in [-0.3, -0.25) is 0 Å². The van der Waals surface area contributed by atoms with Crippen molar-refractivity contribution >= 4 is 9.84 Å². The van der Waals surface area contributed by atoms with Gasteiger partial charge in [-0.15, -0.1) is 6.42 Å². The molecule has 0 bridgehead atoms. The Balaban J connectivity index is 3.36. The molecule has 1 heterocycles. The van der Waals surface area contributed by atoms with Crippen molar-refractivity contribution in [3.8, 4) is 12.3 Å². The van der Waals surface area contributed by atoms with Gasteiger partial charge in [0.05, 0.1) is 6.33 Å². The van der Waals surface area contributed by atoms with E-state index in [1.54, 1.807) is 0 Å². The Labute approximate surface area is 77.5 Å². The molecule has 1 aromatic heterocycles. The first-order chi connectivity index (χ1) is 5.92. The largest absolute Gasteiger partial charge is 0.308 e. The summed E-state index contributed by atoms with van der Waals surface area (Å²) in [6, 6.07) is 0. The number of hydrogen-bond donors (Lipinski definition) is 0. The molecular formula is C8H10N2O2S. The first-order valence-corrected chi connectivity index (χ1v) is 5.47. The molecule has 0 N–H and O–H groups in total. The Kier molecular flexibility index (Phi) is 2.18. The summed E-state index contributed by atoms with van der Waals surface area (Å²) in [7, 11) is -3.35. The van der Waals surface area contributed by atoms with Crippen LogP contribution in [0.5, 0.6) is 0 Å². The van der Waals surface area contributed by atoms with E-state index in [9.17, 15) is 8.42 Å². The van der Waals surface area contributed by atoms with Crippen molar-refractivity contribution in [3.63, 3.8) is 0 Å². The second-order valence-electron chi connectivity index (χ2n) is 2.87. The minimum Gasteiger partial charge on any atom is -0.308 e. The van der Waals surface area contributed by atoms with E-state index >= 15 is 0 Å². The lowest BCUT2D eigenvalue weighted by Crippen LogP contribution is -2.35. The minimum absolute atomic E-state index is 1.10. The van der Waals surface area contributed by atoms with Crippen molar-refractivity contribution in [2.24, 2.45) is 0 Å². The fraction of sp³-hybridized carbons (Fsp3) is 0.375. The maximum Gasteiger partial charge on any atom is 0.205 e. The van der Waals surface area contributed by atoms with Gasteiger partial charge in [-0.1, -0.05) is 5.92 Å². The molecule has 5 heteroatoms. The number of terminal acetylenes is 1. The minimum atomic E-state index is -3.35. The molecule has 0 saturated carbocycles. The Morgan fingerprint density at radius 3 is 2.54 bits per heavy atom. The third-order valence-electron chi connectivity index (χ3n) is 1.99. The predicted molar refractivity (Wildman–Crippen MR) is 49.6 cm³/mol. The maximum absolute atomic E-state index is 11.4. The van der Waals surface area contributed by atoms with Crippen LogP contribution in [0, 0.1) is 12.3 Å². The number of hydrogen-bond acceptors (Lipinski definition) is 3. The number of imidazole rings is 1. The molecule has 1 unspecified atom stereocenters. The summed E-state index contributed by atoms with van der Waals surface area (Å²) in [5, 5.41) is 0. The van der Waals surface area contributed by atoms with Crippen molar-refractivity contribution in [1.82, 2.24) is 9.55 Å². The lowest BCUT2D eigenvalue weighted by Gasteiger charge is -2.22. The van der Waals surface area contributed by atoms with Crippen LogP contribution in [0.3, 0.4) is 0 Å². The highest BCUT2D eigenvalue weighted by Crippen LogP contribution is 2.20. The van der Waals surface area contributed by atoms with E-state index in [0.717, 1.165) is 6.26 Å². The number of nitrogens with zero attached hydrogens (tertiary/aromatic N) is 2. The topological polar surface area (TPSA) is 52.0 Å². The zero-order valence-electron chi connectivity index (χ0n) is 7.43. The quantitative estimate of drug-likeness (QED) is 0.639. The van der Waals surface area contributed by atoms with Crippen LogP contribution < -0.4 is 0 Å². The van der Waals surface area contributed by atoms with E-state index in [1.165, 1.54) is 30.2 Å². The van der Waals surface area contributed by atoms with Gasteiger partial charge < -0.3 is 4.57 Å². The Bertz CT molecular complexity index is 427. The summed E-state index contributed by atoms with van der Waals surface area (Å²) in [5.41, 5.74) is 0. The second-order valence-corrected chi connectivity index (χ2v) is 5.21. The zero-order chi connectivity index (χ0) is 10.1. The molecule has 1 rings (SSSR count). The van der Waals surface area contributed by atoms with Crippen LogP contribution >= 0.6 is 0 Å². The van der Waals surface area contributed by atoms with Gasteiger partial charge in [0.2, 0.25) is 4.87 Å². The van der Waals surface area contributed by atoms with E-state index in [2.05, 4.69) is 10.9 Å². The molecule has 0 amide bonds. The first kappa shape index (κ1) is 9.81. The van der Waals surface area contributed by atoms with Gasteiger partial charge in [0.15, 0.2) is 9.84 Å². The van der Waals surface area contributed by atoms with Gasteiger partial charge in [-0.2, -0.15) is 0 Å². The van der Waals surface area contributed by atoms with Crippen LogP contribution in [0.25, 0.3) is 0 Å². The standard InChI is InChI=1S/C8H10N2O2S/c1-4-8(2,13(3,11)12)10-6-5-9-7-10/h1,5-7H,2-3H3. The lowest BCUT2D eigenvalue weighted by atomic mass is 10.3. The molecule has 0 aliphatic rings. The fourth-order valence-electron chi connectivity index (χ4n) is 0.885. The van der Waals surface area contributed by atoms with Crippen LogP contribution in [-0.2, 0) is 14.7 Å². The van der Waals surface area contributed by atoms with Crippen LogP contribution in [0.15, 0.2) is 18.7 Å². The monoisotopic (exact) mass is 198 g/mol. The summed E-state index contributed by atoms with van der Waals surface area (Å²) < 4.78 is 24.2. The number of rotatable bonds is 2. The van der Waals surface area contributed by atoms with Crippen molar-refractivity contribution < 1.29 is 8.42 Å². The lowest BCUT2D eigenvalue weighted by molar-refractivity contribution is 0.519. The van der Waals surface area contributed by atoms with E-state index in [4.69, 9.17) is 6.42 Å². The van der Waals surface area contributed by atoms with E-state index in [0.29, 0.717) is 0 Å². The highest BCUT2D eigenvalue weighted by molar-refractivity contribution is 7.91. The van der Waals surface area contributed by atoms with Gasteiger partial charge in [-0.25, -0.2) is 13.4 Å².